The molecule has 3 N–H and O–H groups in total. The number of fused-ring (bicyclic) bond motifs is 1. The fourth-order valence-electron chi connectivity index (χ4n) is 1.41. The number of ether oxygens (including phenoxy) is 1. The first-order valence-electron chi connectivity index (χ1n) is 3.86. The van der Waals surface area contributed by atoms with Crippen molar-refractivity contribution in [2.75, 3.05) is 5.73 Å². The van der Waals surface area contributed by atoms with Gasteiger partial charge in [-0.15, -0.1) is 0 Å². The fraction of sp³-hybridized carbons (Fsp3) is 0.222. The smallest absolute Gasteiger partial charge is 0.341 e. The average Bonchev–Trinajstić information content (AvgIpc) is 2.23. The summed E-state index contributed by atoms with van der Waals surface area (Å²) in [7, 11) is 0. The molecule has 0 spiro atoms. The third kappa shape index (κ3) is 1.07. The van der Waals surface area contributed by atoms with Crippen LogP contribution in [0.15, 0.2) is 18.2 Å². The van der Waals surface area contributed by atoms with E-state index in [4.69, 9.17) is 10.5 Å². The van der Waals surface area contributed by atoms with E-state index in [9.17, 15) is 9.90 Å². The summed E-state index contributed by atoms with van der Waals surface area (Å²) in [5.74, 6) is -2.05. The van der Waals surface area contributed by atoms with Gasteiger partial charge in [0.15, 0.2) is 0 Å². The molecule has 0 fully saturated rings. The minimum absolute atomic E-state index is 0.374. The largest absolute Gasteiger partial charge is 0.425 e. The molecule has 0 aliphatic carbocycles. The number of anilines is 1. The van der Waals surface area contributed by atoms with Crippen LogP contribution in [0.1, 0.15) is 22.8 Å². The molecular weight excluding hydrogens is 170 g/mol. The lowest BCUT2D eigenvalue weighted by molar-refractivity contribution is -0.147. The molecule has 0 saturated carbocycles. The Labute approximate surface area is 74.9 Å². The summed E-state index contributed by atoms with van der Waals surface area (Å²) < 4.78 is 4.74. The Bertz CT molecular complexity index is 384. The Morgan fingerprint density at radius 3 is 2.92 bits per heavy atom. The van der Waals surface area contributed by atoms with E-state index in [0.29, 0.717) is 16.8 Å². The Balaban J connectivity index is 2.66. The minimum atomic E-state index is -1.54. The molecule has 0 radical (unpaired) electrons. The van der Waals surface area contributed by atoms with Crippen LogP contribution in [0.4, 0.5) is 5.69 Å². The predicted molar refractivity (Wildman–Crippen MR) is 45.8 cm³/mol. The Morgan fingerprint density at radius 2 is 2.23 bits per heavy atom. The number of rotatable bonds is 0. The number of carbonyl (C=O) groups is 1. The van der Waals surface area contributed by atoms with Crippen molar-refractivity contribution in [2.45, 2.75) is 12.7 Å². The Kier molecular flexibility index (Phi) is 1.38. The van der Waals surface area contributed by atoms with Gasteiger partial charge in [-0.3, -0.25) is 0 Å². The molecule has 1 aromatic carbocycles. The van der Waals surface area contributed by atoms with Crippen molar-refractivity contribution in [3.8, 4) is 0 Å². The number of hydrogen-bond acceptors (Lipinski definition) is 4. The highest BCUT2D eigenvalue weighted by Gasteiger charge is 2.39. The first-order valence-corrected chi connectivity index (χ1v) is 3.86. The quantitative estimate of drug-likeness (QED) is 0.452. The van der Waals surface area contributed by atoms with Gasteiger partial charge in [-0.1, -0.05) is 0 Å². The van der Waals surface area contributed by atoms with E-state index in [1.54, 1.807) is 18.2 Å². The second kappa shape index (κ2) is 2.23. The maximum absolute atomic E-state index is 11.2. The molecule has 4 nitrogen and oxygen atoms in total. The standard InChI is InChI=1S/C9H9NO3/c1-9(12)7-4-5(10)2-3-6(7)8(11)13-9/h2-4,12H,10H2,1H3. The highest BCUT2D eigenvalue weighted by molar-refractivity contribution is 5.94. The first kappa shape index (κ1) is 8.07. The van der Waals surface area contributed by atoms with E-state index in [1.165, 1.54) is 6.92 Å². The predicted octanol–water partition coefficient (Wildman–Crippen LogP) is 0.604. The number of esters is 1. The van der Waals surface area contributed by atoms with Gasteiger partial charge in [0.25, 0.3) is 0 Å². The molecule has 1 unspecified atom stereocenters. The average molecular weight is 179 g/mol. The van der Waals surface area contributed by atoms with Crippen LogP contribution < -0.4 is 5.73 Å². The fourth-order valence-corrected chi connectivity index (χ4v) is 1.41. The molecule has 1 heterocycles. The normalized spacial score (nSPS) is 25.5. The van der Waals surface area contributed by atoms with Gasteiger partial charge in [0.1, 0.15) is 0 Å². The van der Waals surface area contributed by atoms with Gasteiger partial charge < -0.3 is 15.6 Å². The molecule has 13 heavy (non-hydrogen) atoms. The highest BCUT2D eigenvalue weighted by atomic mass is 16.7. The molecule has 0 amide bonds. The number of nitrogens with two attached hydrogens (primary N) is 1. The lowest BCUT2D eigenvalue weighted by Gasteiger charge is -2.15. The number of hydrogen-bond donors (Lipinski definition) is 2. The van der Waals surface area contributed by atoms with Crippen molar-refractivity contribution in [1.29, 1.82) is 0 Å². The zero-order valence-corrected chi connectivity index (χ0v) is 7.07. The molecule has 1 aliphatic rings. The number of nitrogen functional groups attached to an aromatic ring is 1. The molecule has 0 saturated heterocycles. The summed E-state index contributed by atoms with van der Waals surface area (Å²) in [4.78, 5) is 11.2. The third-order valence-corrected chi connectivity index (χ3v) is 2.05. The van der Waals surface area contributed by atoms with Crippen molar-refractivity contribution in [2.24, 2.45) is 0 Å². The van der Waals surface area contributed by atoms with Crippen molar-refractivity contribution in [3.63, 3.8) is 0 Å². The summed E-state index contributed by atoms with van der Waals surface area (Å²) >= 11 is 0. The van der Waals surface area contributed by atoms with Crippen molar-refractivity contribution < 1.29 is 14.6 Å². The van der Waals surface area contributed by atoms with Gasteiger partial charge in [-0.05, 0) is 18.2 Å². The lowest BCUT2D eigenvalue weighted by Crippen LogP contribution is -2.20. The summed E-state index contributed by atoms with van der Waals surface area (Å²) in [5, 5.41) is 9.64. The molecule has 2 rings (SSSR count). The van der Waals surface area contributed by atoms with Crippen LogP contribution in [0, 0.1) is 0 Å². The topological polar surface area (TPSA) is 72.5 Å². The van der Waals surface area contributed by atoms with Crippen LogP contribution in [0.5, 0.6) is 0 Å². The summed E-state index contributed by atoms with van der Waals surface area (Å²) in [6, 6.07) is 4.69. The molecule has 4 heteroatoms. The van der Waals surface area contributed by atoms with Crippen LogP contribution in [0.2, 0.25) is 0 Å². The summed E-state index contributed by atoms with van der Waals surface area (Å²) in [6.07, 6.45) is 0. The van der Waals surface area contributed by atoms with E-state index < -0.39 is 11.8 Å². The maximum Gasteiger partial charge on any atom is 0.341 e. The third-order valence-electron chi connectivity index (χ3n) is 2.05. The molecule has 68 valence electrons. The monoisotopic (exact) mass is 179 g/mol. The number of cyclic esters (lactones) is 1. The number of benzene rings is 1. The zero-order chi connectivity index (χ0) is 9.64. The SMILES string of the molecule is CC1(O)OC(=O)c2ccc(N)cc21. The molecule has 0 bridgehead atoms. The molecular formula is C9H9NO3. The van der Waals surface area contributed by atoms with Crippen LogP contribution >= 0.6 is 0 Å². The van der Waals surface area contributed by atoms with E-state index in [2.05, 4.69) is 0 Å². The van der Waals surface area contributed by atoms with Gasteiger partial charge in [0.2, 0.25) is 5.79 Å². The van der Waals surface area contributed by atoms with Crippen LogP contribution in [-0.2, 0) is 10.5 Å². The van der Waals surface area contributed by atoms with Gasteiger partial charge >= 0.3 is 5.97 Å². The minimum Gasteiger partial charge on any atom is -0.425 e. The van der Waals surface area contributed by atoms with E-state index in [1.807, 2.05) is 0 Å². The van der Waals surface area contributed by atoms with E-state index in [0.717, 1.165) is 0 Å². The zero-order valence-electron chi connectivity index (χ0n) is 7.07. The highest BCUT2D eigenvalue weighted by Crippen LogP contribution is 2.34. The Hall–Kier alpha value is -1.55. The van der Waals surface area contributed by atoms with Crippen molar-refractivity contribution in [1.82, 2.24) is 0 Å². The second-order valence-corrected chi connectivity index (χ2v) is 3.18. The van der Waals surface area contributed by atoms with Crippen LogP contribution in [0.25, 0.3) is 0 Å². The van der Waals surface area contributed by atoms with Crippen LogP contribution in [-0.4, -0.2) is 11.1 Å². The summed E-state index contributed by atoms with van der Waals surface area (Å²) in [6.45, 7) is 1.41. The second-order valence-electron chi connectivity index (χ2n) is 3.18. The Morgan fingerprint density at radius 1 is 1.54 bits per heavy atom. The lowest BCUT2D eigenvalue weighted by atomic mass is 10.0. The van der Waals surface area contributed by atoms with Crippen LogP contribution in [0.3, 0.4) is 0 Å². The van der Waals surface area contributed by atoms with Gasteiger partial charge in [0, 0.05) is 18.2 Å². The van der Waals surface area contributed by atoms with Gasteiger partial charge in [-0.25, -0.2) is 4.79 Å². The number of aliphatic hydroxyl groups is 1. The maximum atomic E-state index is 11.2. The molecule has 1 aliphatic heterocycles. The van der Waals surface area contributed by atoms with E-state index in [-0.39, 0.29) is 0 Å². The van der Waals surface area contributed by atoms with Crippen molar-refractivity contribution >= 4 is 11.7 Å². The molecule has 0 aromatic heterocycles. The molecule has 1 atom stereocenters. The first-order chi connectivity index (χ1) is 6.00. The molecule has 1 aromatic rings. The van der Waals surface area contributed by atoms with Gasteiger partial charge in [0.05, 0.1) is 5.56 Å². The van der Waals surface area contributed by atoms with E-state index >= 15 is 0 Å². The van der Waals surface area contributed by atoms with Crippen molar-refractivity contribution in [3.05, 3.63) is 29.3 Å². The number of carbonyl (C=O) groups excluding carboxylic acids is 1. The van der Waals surface area contributed by atoms with Gasteiger partial charge in [-0.2, -0.15) is 0 Å². The summed E-state index contributed by atoms with van der Waals surface area (Å²) in [5.41, 5.74) is 6.82.